The van der Waals surface area contributed by atoms with Crippen LogP contribution in [0, 0.1) is 0 Å². The van der Waals surface area contributed by atoms with E-state index in [2.05, 4.69) is 26.7 Å². The predicted octanol–water partition coefficient (Wildman–Crippen LogP) is 5.67. The highest BCUT2D eigenvalue weighted by Crippen LogP contribution is 2.33. The molecule has 2 amide bonds. The Morgan fingerprint density at radius 3 is 2.56 bits per heavy atom. The Morgan fingerprint density at radius 1 is 1.00 bits per heavy atom. The summed E-state index contributed by atoms with van der Waals surface area (Å²) in [5.74, 6) is -0.130. The minimum Gasteiger partial charge on any atom is -0.480 e. The predicted molar refractivity (Wildman–Crippen MR) is 135 cm³/mol. The molecule has 0 fully saturated rings. The number of hydrogen-bond acceptors (Lipinski definition) is 4. The van der Waals surface area contributed by atoms with E-state index in [1.807, 2.05) is 84.9 Å². The molecule has 1 heterocycles. The van der Waals surface area contributed by atoms with Gasteiger partial charge in [0.1, 0.15) is 11.9 Å². The van der Waals surface area contributed by atoms with Gasteiger partial charge in [-0.2, -0.15) is 0 Å². The van der Waals surface area contributed by atoms with Crippen LogP contribution in [0.4, 0.5) is 5.69 Å². The third-order valence-electron chi connectivity index (χ3n) is 5.75. The van der Waals surface area contributed by atoms with Crippen molar-refractivity contribution in [1.82, 2.24) is 10.4 Å². The summed E-state index contributed by atoms with van der Waals surface area (Å²) in [6.45, 7) is 1.67. The van der Waals surface area contributed by atoms with E-state index in [0.717, 1.165) is 20.8 Å². The fourth-order valence-corrected chi connectivity index (χ4v) is 4.37. The second kappa shape index (κ2) is 9.19. The van der Waals surface area contributed by atoms with Crippen molar-refractivity contribution in [3.63, 3.8) is 0 Å². The van der Waals surface area contributed by atoms with Crippen LogP contribution in [-0.2, 0) is 4.79 Å². The van der Waals surface area contributed by atoms with Gasteiger partial charge in [0.05, 0.1) is 5.56 Å². The molecule has 5 rings (SSSR count). The molecule has 170 valence electrons. The fraction of sp³-hybridized carbons (Fsp3) is 0.111. The van der Waals surface area contributed by atoms with Crippen molar-refractivity contribution in [1.29, 1.82) is 0 Å². The van der Waals surface area contributed by atoms with Crippen LogP contribution in [0.5, 0.6) is 5.75 Å². The lowest BCUT2D eigenvalue weighted by Gasteiger charge is -2.38. The molecule has 0 bridgehead atoms. The number of nitrogens with one attached hydrogen (secondary N) is 2. The van der Waals surface area contributed by atoms with E-state index >= 15 is 0 Å². The molecule has 1 aliphatic rings. The van der Waals surface area contributed by atoms with Gasteiger partial charge in [0, 0.05) is 15.5 Å². The van der Waals surface area contributed by atoms with Gasteiger partial charge in [-0.1, -0.05) is 82.7 Å². The average Bonchev–Trinajstić information content (AvgIpc) is 2.86. The van der Waals surface area contributed by atoms with Gasteiger partial charge in [-0.3, -0.25) is 15.0 Å². The van der Waals surface area contributed by atoms with E-state index in [4.69, 9.17) is 4.74 Å². The second-order valence-electron chi connectivity index (χ2n) is 8.04. The molecule has 0 aliphatic carbocycles. The number of carbonyl (C=O) groups is 2. The third kappa shape index (κ3) is 4.22. The smallest absolute Gasteiger partial charge is 0.279 e. The van der Waals surface area contributed by atoms with E-state index in [1.165, 1.54) is 5.01 Å². The van der Waals surface area contributed by atoms with Crippen LogP contribution in [0.2, 0.25) is 0 Å². The van der Waals surface area contributed by atoms with Gasteiger partial charge in [0.2, 0.25) is 0 Å². The van der Waals surface area contributed by atoms with E-state index in [-0.39, 0.29) is 5.91 Å². The van der Waals surface area contributed by atoms with Gasteiger partial charge in [-0.05, 0) is 42.1 Å². The van der Waals surface area contributed by atoms with Crippen LogP contribution in [-0.4, -0.2) is 22.9 Å². The Hall–Kier alpha value is -3.84. The number of benzene rings is 4. The number of amides is 2. The minimum absolute atomic E-state index is 0.311. The molecule has 2 unspecified atom stereocenters. The van der Waals surface area contributed by atoms with Gasteiger partial charge >= 0.3 is 0 Å². The molecule has 4 aromatic carbocycles. The molecular formula is C27H22BrN3O3. The first-order chi connectivity index (χ1) is 16.5. The van der Waals surface area contributed by atoms with Crippen molar-refractivity contribution in [2.75, 3.05) is 5.32 Å². The summed E-state index contributed by atoms with van der Waals surface area (Å²) in [6.07, 6.45) is -1.41. The summed E-state index contributed by atoms with van der Waals surface area (Å²) in [5, 5.41) is 6.64. The summed E-state index contributed by atoms with van der Waals surface area (Å²) < 4.78 is 6.79. The molecule has 7 heteroatoms. The summed E-state index contributed by atoms with van der Waals surface area (Å²) in [6, 6.07) is 28.5. The molecule has 2 N–H and O–H groups in total. The van der Waals surface area contributed by atoms with Crippen molar-refractivity contribution in [2.24, 2.45) is 0 Å². The van der Waals surface area contributed by atoms with Crippen LogP contribution in [0.25, 0.3) is 10.8 Å². The quantitative estimate of drug-likeness (QED) is 0.359. The molecule has 0 aromatic heterocycles. The second-order valence-corrected chi connectivity index (χ2v) is 8.95. The van der Waals surface area contributed by atoms with Gasteiger partial charge in [-0.15, -0.1) is 0 Å². The number of nitrogens with zero attached hydrogens (tertiary/aromatic N) is 1. The van der Waals surface area contributed by atoms with Crippen LogP contribution >= 0.6 is 15.9 Å². The molecule has 0 saturated heterocycles. The number of fused-ring (bicyclic) bond motifs is 2. The zero-order chi connectivity index (χ0) is 23.7. The van der Waals surface area contributed by atoms with Gasteiger partial charge in [-0.25, -0.2) is 5.01 Å². The monoisotopic (exact) mass is 515 g/mol. The van der Waals surface area contributed by atoms with Crippen molar-refractivity contribution in [3.8, 4) is 5.75 Å². The summed E-state index contributed by atoms with van der Waals surface area (Å²) in [4.78, 5) is 26.6. The minimum atomic E-state index is -0.834. The summed E-state index contributed by atoms with van der Waals surface area (Å²) >= 11 is 3.42. The average molecular weight is 516 g/mol. The Balaban J connectivity index is 1.42. The number of carbonyl (C=O) groups excluding carboxylic acids is 2. The lowest BCUT2D eigenvalue weighted by molar-refractivity contribution is -0.132. The van der Waals surface area contributed by atoms with Gasteiger partial charge in [0.25, 0.3) is 11.8 Å². The van der Waals surface area contributed by atoms with E-state index in [0.29, 0.717) is 17.0 Å². The first kappa shape index (κ1) is 22.0. The number of ether oxygens (including phenoxy) is 1. The molecule has 0 radical (unpaired) electrons. The number of hydrogen-bond donors (Lipinski definition) is 2. The Kier molecular flexibility index (Phi) is 5.94. The molecule has 2 atom stereocenters. The maximum atomic E-state index is 13.5. The normalized spacial score (nSPS) is 15.9. The zero-order valence-electron chi connectivity index (χ0n) is 18.4. The lowest BCUT2D eigenvalue weighted by Crippen LogP contribution is -2.55. The van der Waals surface area contributed by atoms with Crippen LogP contribution in [0.3, 0.4) is 0 Å². The zero-order valence-corrected chi connectivity index (χ0v) is 20.0. The van der Waals surface area contributed by atoms with Gasteiger partial charge < -0.3 is 10.1 Å². The van der Waals surface area contributed by atoms with Crippen molar-refractivity contribution < 1.29 is 14.3 Å². The highest BCUT2D eigenvalue weighted by molar-refractivity contribution is 9.10. The van der Waals surface area contributed by atoms with Crippen molar-refractivity contribution in [2.45, 2.75) is 19.2 Å². The SMILES string of the molecule is CC(Oc1cccc2ccccc12)C(=O)NN1C(=O)c2cc(Br)ccc2NC1c1ccccc1. The van der Waals surface area contributed by atoms with Crippen LogP contribution in [0.15, 0.2) is 95.5 Å². The summed E-state index contributed by atoms with van der Waals surface area (Å²) in [7, 11) is 0. The molecule has 4 aromatic rings. The molecule has 1 aliphatic heterocycles. The van der Waals surface area contributed by atoms with Gasteiger partial charge in [0.15, 0.2) is 6.10 Å². The number of hydrazine groups is 1. The van der Waals surface area contributed by atoms with Crippen molar-refractivity contribution >= 4 is 44.2 Å². The first-order valence-corrected chi connectivity index (χ1v) is 11.7. The highest BCUT2D eigenvalue weighted by Gasteiger charge is 2.35. The molecule has 34 heavy (non-hydrogen) atoms. The highest BCUT2D eigenvalue weighted by atomic mass is 79.9. The maximum absolute atomic E-state index is 13.5. The summed E-state index contributed by atoms with van der Waals surface area (Å²) in [5.41, 5.74) is 4.79. The molecule has 0 spiro atoms. The standard InChI is InChI=1S/C27H22BrN3O3/c1-17(34-24-13-7-11-18-8-5-6-12-21(18)24)26(32)30-31-25(19-9-3-2-4-10-19)29-23-15-14-20(28)16-22(23)27(31)33/h2-17,25,29H,1H3,(H,30,32). The topological polar surface area (TPSA) is 70.7 Å². The Morgan fingerprint density at radius 2 is 1.74 bits per heavy atom. The molecular weight excluding hydrogens is 494 g/mol. The third-order valence-corrected chi connectivity index (χ3v) is 6.24. The number of anilines is 1. The largest absolute Gasteiger partial charge is 0.480 e. The van der Waals surface area contributed by atoms with E-state index in [1.54, 1.807) is 13.0 Å². The molecule has 6 nitrogen and oxygen atoms in total. The Bertz CT molecular complexity index is 1370. The number of rotatable bonds is 5. The van der Waals surface area contributed by atoms with Crippen LogP contribution in [0.1, 0.15) is 29.0 Å². The Labute approximate surface area is 205 Å². The maximum Gasteiger partial charge on any atom is 0.279 e. The van der Waals surface area contributed by atoms with E-state index < -0.39 is 18.2 Å². The fourth-order valence-electron chi connectivity index (χ4n) is 4.01. The van der Waals surface area contributed by atoms with Crippen LogP contribution < -0.4 is 15.5 Å². The first-order valence-electron chi connectivity index (χ1n) is 10.9. The van der Waals surface area contributed by atoms with E-state index in [9.17, 15) is 9.59 Å². The number of halogens is 1. The molecule has 0 saturated carbocycles. The van der Waals surface area contributed by atoms with Crippen molar-refractivity contribution in [3.05, 3.63) is 107 Å². The lowest BCUT2D eigenvalue weighted by atomic mass is 10.0.